The van der Waals surface area contributed by atoms with Gasteiger partial charge in [-0.2, -0.15) is 0 Å². The van der Waals surface area contributed by atoms with E-state index in [0.29, 0.717) is 11.4 Å². The highest BCUT2D eigenvalue weighted by molar-refractivity contribution is 7.92. The Labute approximate surface area is 183 Å². The minimum absolute atomic E-state index is 0.195. The molecule has 3 rings (SSSR count). The Bertz CT molecular complexity index is 970. The number of benzene rings is 1. The molecule has 30 heavy (non-hydrogen) atoms. The van der Waals surface area contributed by atoms with E-state index in [1.54, 1.807) is 18.2 Å². The van der Waals surface area contributed by atoms with Gasteiger partial charge in [-0.1, -0.05) is 6.07 Å². The summed E-state index contributed by atoms with van der Waals surface area (Å²) in [6.45, 7) is 0. The first-order chi connectivity index (χ1) is 13.9. The highest BCUT2D eigenvalue weighted by atomic mass is 35.5. The molecule has 4 unspecified atom stereocenters. The van der Waals surface area contributed by atoms with E-state index in [0.717, 1.165) is 0 Å². The first kappa shape index (κ1) is 22.9. The normalized spacial score (nSPS) is 29.1. The number of hydrogen-bond donors (Lipinski definition) is 4. The van der Waals surface area contributed by atoms with Crippen molar-refractivity contribution < 1.29 is 26.4 Å². The average molecular weight is 499 g/mol. The molecule has 2 fully saturated rings. The Morgan fingerprint density at radius 3 is 1.50 bits per heavy atom. The number of amides is 4. The molecule has 0 saturated carbocycles. The van der Waals surface area contributed by atoms with Crippen LogP contribution in [0.4, 0.5) is 21.0 Å². The van der Waals surface area contributed by atoms with Crippen LogP contribution < -0.4 is 21.3 Å². The third-order valence-electron chi connectivity index (χ3n) is 4.58. The summed E-state index contributed by atoms with van der Waals surface area (Å²) in [6, 6.07) is 3.54. The SMILES string of the molecule is O=C(Nc1cccc(NC(=O)NC2CS(=O)(=O)CC2Cl)c1)NC1CS(=O)(=O)CC1Cl. The van der Waals surface area contributed by atoms with Crippen molar-refractivity contribution in [3.63, 3.8) is 0 Å². The van der Waals surface area contributed by atoms with Crippen molar-refractivity contribution in [3.05, 3.63) is 24.3 Å². The minimum atomic E-state index is -3.28. The summed E-state index contributed by atoms with van der Waals surface area (Å²) >= 11 is 11.9. The van der Waals surface area contributed by atoms with Crippen molar-refractivity contribution in [3.8, 4) is 0 Å². The molecule has 0 spiro atoms. The lowest BCUT2D eigenvalue weighted by atomic mass is 10.2. The van der Waals surface area contributed by atoms with E-state index >= 15 is 0 Å². The Hall–Kier alpha value is -1.76. The van der Waals surface area contributed by atoms with Crippen LogP contribution in [0.1, 0.15) is 0 Å². The predicted octanol–water partition coefficient (Wildman–Crippen LogP) is 0.738. The van der Waals surface area contributed by atoms with Crippen LogP contribution >= 0.6 is 23.2 Å². The van der Waals surface area contributed by atoms with Crippen LogP contribution in [0.15, 0.2) is 24.3 Å². The second-order valence-corrected chi connectivity index (χ2v) is 12.6. The number of sulfone groups is 2. The fourth-order valence-electron chi connectivity index (χ4n) is 3.22. The number of alkyl halides is 2. The minimum Gasteiger partial charge on any atom is -0.333 e. The Balaban J connectivity index is 1.54. The molecular formula is C16H20Cl2N4O6S2. The molecule has 2 heterocycles. The fraction of sp³-hybridized carbons (Fsp3) is 0.500. The van der Waals surface area contributed by atoms with Crippen molar-refractivity contribution in [2.24, 2.45) is 0 Å². The summed E-state index contributed by atoms with van der Waals surface area (Å²) in [6.07, 6.45) is 0. The molecule has 0 bridgehead atoms. The Kier molecular flexibility index (Phi) is 6.70. The second-order valence-electron chi connectivity index (χ2n) is 7.18. The molecule has 1 aromatic carbocycles. The maximum Gasteiger partial charge on any atom is 0.319 e. The lowest BCUT2D eigenvalue weighted by Gasteiger charge is -2.16. The Morgan fingerprint density at radius 1 is 0.767 bits per heavy atom. The molecule has 0 radical (unpaired) electrons. The quantitative estimate of drug-likeness (QED) is 0.449. The molecular weight excluding hydrogens is 479 g/mol. The van der Waals surface area contributed by atoms with Gasteiger partial charge in [-0.3, -0.25) is 0 Å². The molecule has 0 aromatic heterocycles. The van der Waals surface area contributed by atoms with E-state index in [1.165, 1.54) is 6.07 Å². The maximum absolute atomic E-state index is 12.1. The van der Waals surface area contributed by atoms with Crippen molar-refractivity contribution in [2.75, 3.05) is 33.6 Å². The molecule has 2 saturated heterocycles. The van der Waals surface area contributed by atoms with Gasteiger partial charge in [-0.15, -0.1) is 23.2 Å². The van der Waals surface area contributed by atoms with Crippen LogP contribution in [-0.2, 0) is 19.7 Å². The molecule has 2 aliphatic heterocycles. The van der Waals surface area contributed by atoms with Crippen molar-refractivity contribution in [1.82, 2.24) is 10.6 Å². The zero-order valence-corrected chi connectivity index (χ0v) is 18.6. The van der Waals surface area contributed by atoms with Crippen LogP contribution in [0.25, 0.3) is 0 Å². The highest BCUT2D eigenvalue weighted by Gasteiger charge is 2.38. The summed E-state index contributed by atoms with van der Waals surface area (Å²) in [7, 11) is -6.56. The van der Waals surface area contributed by atoms with Crippen LogP contribution in [-0.4, -0.2) is 74.7 Å². The largest absolute Gasteiger partial charge is 0.333 e. The van der Waals surface area contributed by atoms with Crippen LogP contribution in [0.3, 0.4) is 0 Å². The van der Waals surface area contributed by atoms with Gasteiger partial charge < -0.3 is 21.3 Å². The lowest BCUT2D eigenvalue weighted by molar-refractivity contribution is 0.249. The van der Waals surface area contributed by atoms with Gasteiger partial charge in [0.1, 0.15) is 0 Å². The molecule has 10 nitrogen and oxygen atoms in total. The maximum atomic E-state index is 12.1. The molecule has 166 valence electrons. The summed E-state index contributed by atoms with van der Waals surface area (Å²) in [5.74, 6) is -0.845. The number of anilines is 2. The van der Waals surface area contributed by atoms with Crippen LogP contribution in [0.2, 0.25) is 0 Å². The summed E-state index contributed by atoms with van der Waals surface area (Å²) in [4.78, 5) is 24.3. The van der Waals surface area contributed by atoms with Gasteiger partial charge in [-0.05, 0) is 18.2 Å². The summed E-state index contributed by atoms with van der Waals surface area (Å²) in [5, 5.41) is 8.72. The number of carbonyl (C=O) groups excluding carboxylic acids is 2. The van der Waals surface area contributed by atoms with Gasteiger partial charge in [0.05, 0.1) is 45.8 Å². The molecule has 14 heteroatoms. The summed E-state index contributed by atoms with van der Waals surface area (Å²) < 4.78 is 46.3. The third kappa shape index (κ3) is 6.13. The Morgan fingerprint density at radius 2 is 1.17 bits per heavy atom. The number of carbonyl (C=O) groups is 2. The molecule has 0 aliphatic carbocycles. The number of hydrogen-bond acceptors (Lipinski definition) is 6. The second kappa shape index (κ2) is 8.77. The number of rotatable bonds is 4. The first-order valence-corrected chi connectivity index (χ1v) is 13.4. The van der Waals surface area contributed by atoms with Gasteiger partial charge in [0.15, 0.2) is 19.7 Å². The monoisotopic (exact) mass is 498 g/mol. The number of nitrogens with one attached hydrogen (secondary N) is 4. The third-order valence-corrected chi connectivity index (χ3v) is 9.33. The van der Waals surface area contributed by atoms with Gasteiger partial charge in [0.25, 0.3) is 0 Å². The zero-order chi connectivity index (χ0) is 22.1. The van der Waals surface area contributed by atoms with Gasteiger partial charge in [-0.25, -0.2) is 26.4 Å². The lowest BCUT2D eigenvalue weighted by Crippen LogP contribution is -2.43. The van der Waals surface area contributed by atoms with Gasteiger partial charge >= 0.3 is 12.1 Å². The fourth-order valence-corrected chi connectivity index (χ4v) is 8.32. The first-order valence-electron chi connectivity index (χ1n) is 8.86. The molecule has 1 aromatic rings. The van der Waals surface area contributed by atoms with E-state index in [4.69, 9.17) is 23.2 Å². The van der Waals surface area contributed by atoms with Crippen LogP contribution in [0, 0.1) is 0 Å². The average Bonchev–Trinajstić information content (AvgIpc) is 2.99. The van der Waals surface area contributed by atoms with E-state index in [1.807, 2.05) is 0 Å². The van der Waals surface area contributed by atoms with E-state index in [9.17, 15) is 26.4 Å². The predicted molar refractivity (Wildman–Crippen MR) is 115 cm³/mol. The molecule has 2 aliphatic rings. The number of urea groups is 2. The topological polar surface area (TPSA) is 151 Å². The highest BCUT2D eigenvalue weighted by Crippen LogP contribution is 2.20. The zero-order valence-electron chi connectivity index (χ0n) is 15.5. The van der Waals surface area contributed by atoms with Crippen molar-refractivity contribution in [1.29, 1.82) is 0 Å². The number of halogens is 2. The molecule has 4 N–H and O–H groups in total. The van der Waals surface area contributed by atoms with Gasteiger partial charge in [0, 0.05) is 11.4 Å². The van der Waals surface area contributed by atoms with Crippen molar-refractivity contribution >= 4 is 66.3 Å². The van der Waals surface area contributed by atoms with Crippen molar-refractivity contribution in [2.45, 2.75) is 22.8 Å². The summed E-state index contributed by atoms with van der Waals surface area (Å²) in [5.41, 5.74) is 0.687. The molecule has 4 atom stereocenters. The van der Waals surface area contributed by atoms with E-state index < -0.39 is 54.6 Å². The standard InChI is InChI=1S/C16H20Cl2N4O6S2/c17-11-5-29(25,26)7-13(11)21-15(23)19-9-2-1-3-10(4-9)20-16(24)22-14-8-30(27,28)6-12(14)18/h1-4,11-14H,5-8H2,(H2,19,21,23)(H2,20,22,24). The van der Waals surface area contributed by atoms with E-state index in [-0.39, 0.29) is 23.0 Å². The smallest absolute Gasteiger partial charge is 0.319 e. The molecule has 4 amide bonds. The van der Waals surface area contributed by atoms with Crippen LogP contribution in [0.5, 0.6) is 0 Å². The van der Waals surface area contributed by atoms with E-state index in [2.05, 4.69) is 21.3 Å². The van der Waals surface area contributed by atoms with Gasteiger partial charge in [0.2, 0.25) is 0 Å².